The third-order valence-electron chi connectivity index (χ3n) is 1.82. The zero-order valence-electron chi connectivity index (χ0n) is 8.04. The van der Waals surface area contributed by atoms with Crippen LogP contribution in [0.25, 0.3) is 0 Å². The van der Waals surface area contributed by atoms with Crippen LogP contribution in [0.15, 0.2) is 24.3 Å². The van der Waals surface area contributed by atoms with Gasteiger partial charge in [0.1, 0.15) is 0 Å². The molecular formula is C9H9BF3O2-. The van der Waals surface area contributed by atoms with Gasteiger partial charge in [-0.2, -0.15) is 0 Å². The number of benzene rings is 1. The molecule has 1 rings (SSSR count). The molecule has 0 saturated heterocycles. The summed E-state index contributed by atoms with van der Waals surface area (Å²) in [7, 11) is 1.18. The summed E-state index contributed by atoms with van der Waals surface area (Å²) in [5, 5.41) is 0. The smallest absolute Gasteiger partial charge is 0.465 e. The molecule has 1 aromatic carbocycles. The summed E-state index contributed by atoms with van der Waals surface area (Å²) in [6.07, 6.45) is -0.981. The average molecular weight is 217 g/mol. The highest BCUT2D eigenvalue weighted by molar-refractivity contribution is 6.57. The second kappa shape index (κ2) is 4.38. The first-order chi connectivity index (χ1) is 6.92. The van der Waals surface area contributed by atoms with Gasteiger partial charge in [0.25, 0.3) is 0 Å². The van der Waals surface area contributed by atoms with Gasteiger partial charge in [-0.05, 0) is 12.1 Å². The molecule has 0 spiro atoms. The lowest BCUT2D eigenvalue weighted by Gasteiger charge is -2.13. The average Bonchev–Trinajstić information content (AvgIpc) is 2.14. The SMILES string of the molecule is COC(=O)c1cccc(C[B-](F)(F)F)c1. The number of methoxy groups -OCH3 is 1. The van der Waals surface area contributed by atoms with E-state index in [4.69, 9.17) is 0 Å². The number of rotatable bonds is 3. The third-order valence-corrected chi connectivity index (χ3v) is 1.82. The number of hydrogen-bond donors (Lipinski definition) is 0. The van der Waals surface area contributed by atoms with Crippen molar-refractivity contribution in [3.05, 3.63) is 35.4 Å². The summed E-state index contributed by atoms with van der Waals surface area (Å²) in [5.74, 6) is -0.633. The Morgan fingerprint density at radius 3 is 2.60 bits per heavy atom. The minimum absolute atomic E-state index is 0.0744. The van der Waals surface area contributed by atoms with Crippen LogP contribution in [0.3, 0.4) is 0 Å². The van der Waals surface area contributed by atoms with Gasteiger partial charge in [-0.25, -0.2) is 4.79 Å². The summed E-state index contributed by atoms with van der Waals surface area (Å²) < 4.78 is 40.7. The minimum Gasteiger partial charge on any atom is -0.465 e. The molecule has 0 saturated carbocycles. The highest BCUT2D eigenvalue weighted by Crippen LogP contribution is 2.17. The number of carbonyl (C=O) groups is 1. The van der Waals surface area contributed by atoms with Gasteiger partial charge in [-0.3, -0.25) is 0 Å². The second-order valence-electron chi connectivity index (χ2n) is 3.11. The fraction of sp³-hybridized carbons (Fsp3) is 0.222. The van der Waals surface area contributed by atoms with Crippen molar-refractivity contribution in [1.29, 1.82) is 0 Å². The standard InChI is InChI=1S/C9H9BF3O2/c1-15-9(14)8-4-2-3-7(5-8)6-10(11,12)13/h2-5H,6H2,1H3/q-1. The highest BCUT2D eigenvalue weighted by atomic mass is 19.4. The van der Waals surface area contributed by atoms with E-state index in [0.29, 0.717) is 0 Å². The lowest BCUT2D eigenvalue weighted by molar-refractivity contribution is 0.0600. The Kier molecular flexibility index (Phi) is 3.39. The van der Waals surface area contributed by atoms with Crippen LogP contribution < -0.4 is 0 Å². The first-order valence-corrected chi connectivity index (χ1v) is 4.30. The Bertz CT molecular complexity index is 363. The molecule has 0 aliphatic carbocycles. The van der Waals surface area contributed by atoms with Gasteiger partial charge in [-0.1, -0.05) is 24.0 Å². The monoisotopic (exact) mass is 217 g/mol. The summed E-state index contributed by atoms with van der Waals surface area (Å²) in [5.41, 5.74) is 0.209. The van der Waals surface area contributed by atoms with E-state index in [9.17, 15) is 17.7 Å². The van der Waals surface area contributed by atoms with Crippen LogP contribution in [-0.2, 0) is 11.1 Å². The maximum Gasteiger partial charge on any atom is 0.482 e. The van der Waals surface area contributed by atoms with Crippen LogP contribution in [0.5, 0.6) is 0 Å². The summed E-state index contributed by atoms with van der Waals surface area (Å²) in [4.78, 5) is 11.0. The van der Waals surface area contributed by atoms with Crippen LogP contribution in [0.2, 0.25) is 0 Å². The Labute approximate surface area is 85.1 Å². The maximum atomic E-state index is 12.1. The van der Waals surface area contributed by atoms with Gasteiger partial charge in [0, 0.05) is 0 Å². The predicted octanol–water partition coefficient (Wildman–Crippen LogP) is 2.40. The zero-order chi connectivity index (χ0) is 11.5. The molecule has 0 unspecified atom stereocenters. The van der Waals surface area contributed by atoms with E-state index >= 15 is 0 Å². The Balaban J connectivity index is 2.88. The van der Waals surface area contributed by atoms with E-state index in [1.54, 1.807) is 0 Å². The Morgan fingerprint density at radius 1 is 1.40 bits per heavy atom. The summed E-state index contributed by atoms with van der Waals surface area (Å²) in [6.45, 7) is -4.88. The number of esters is 1. The summed E-state index contributed by atoms with van der Waals surface area (Å²) in [6, 6.07) is 5.35. The van der Waals surface area contributed by atoms with Crippen LogP contribution in [0.1, 0.15) is 15.9 Å². The molecule has 0 aromatic heterocycles. The number of carbonyl (C=O) groups excluding carboxylic acids is 1. The quantitative estimate of drug-likeness (QED) is 0.573. The molecule has 6 heteroatoms. The first-order valence-electron chi connectivity index (χ1n) is 4.30. The molecule has 1 aromatic rings. The zero-order valence-corrected chi connectivity index (χ0v) is 8.04. The molecule has 2 nitrogen and oxygen atoms in total. The number of ether oxygens (including phenoxy) is 1. The van der Waals surface area contributed by atoms with E-state index in [1.165, 1.54) is 31.4 Å². The van der Waals surface area contributed by atoms with Gasteiger partial charge in [0.15, 0.2) is 0 Å². The Morgan fingerprint density at radius 2 is 2.07 bits per heavy atom. The van der Waals surface area contributed by atoms with Crippen LogP contribution in [-0.4, -0.2) is 20.1 Å². The van der Waals surface area contributed by atoms with Gasteiger partial charge in [0.2, 0.25) is 0 Å². The van der Waals surface area contributed by atoms with Gasteiger partial charge < -0.3 is 17.7 Å². The molecular weight excluding hydrogens is 208 g/mol. The second-order valence-corrected chi connectivity index (χ2v) is 3.11. The van der Waals surface area contributed by atoms with Crippen LogP contribution in [0, 0.1) is 0 Å². The van der Waals surface area contributed by atoms with Crippen molar-refractivity contribution in [3.8, 4) is 0 Å². The third kappa shape index (κ3) is 3.65. The van der Waals surface area contributed by atoms with Crippen molar-refractivity contribution >= 4 is 12.9 Å². The van der Waals surface area contributed by atoms with E-state index in [-0.39, 0.29) is 11.1 Å². The number of halogens is 3. The molecule has 0 N–H and O–H groups in total. The van der Waals surface area contributed by atoms with Crippen molar-refractivity contribution in [3.63, 3.8) is 0 Å². The highest BCUT2D eigenvalue weighted by Gasteiger charge is 2.23. The molecule has 82 valence electrons. The largest absolute Gasteiger partial charge is 0.482 e. The molecule has 0 radical (unpaired) electrons. The molecule has 0 heterocycles. The Hall–Kier alpha value is -1.46. The molecule has 15 heavy (non-hydrogen) atoms. The normalized spacial score (nSPS) is 11.2. The van der Waals surface area contributed by atoms with Gasteiger partial charge >= 0.3 is 12.9 Å². The minimum atomic E-state index is -4.88. The van der Waals surface area contributed by atoms with E-state index in [2.05, 4.69) is 4.74 Å². The number of hydrogen-bond acceptors (Lipinski definition) is 2. The van der Waals surface area contributed by atoms with Crippen LogP contribution in [0.4, 0.5) is 12.9 Å². The predicted molar refractivity (Wildman–Crippen MR) is 50.6 cm³/mol. The fourth-order valence-electron chi connectivity index (χ4n) is 1.21. The van der Waals surface area contributed by atoms with E-state index < -0.39 is 19.3 Å². The topological polar surface area (TPSA) is 26.3 Å². The molecule has 0 fully saturated rings. The summed E-state index contributed by atoms with van der Waals surface area (Å²) >= 11 is 0. The lowest BCUT2D eigenvalue weighted by atomic mass is 9.81. The van der Waals surface area contributed by atoms with Gasteiger partial charge in [-0.15, -0.1) is 0 Å². The lowest BCUT2D eigenvalue weighted by Crippen LogP contribution is -2.19. The van der Waals surface area contributed by atoms with E-state index in [1.807, 2.05) is 0 Å². The molecule has 0 aliphatic rings. The fourth-order valence-corrected chi connectivity index (χ4v) is 1.21. The molecule has 0 bridgehead atoms. The van der Waals surface area contributed by atoms with Crippen LogP contribution >= 0.6 is 0 Å². The van der Waals surface area contributed by atoms with Crippen molar-refractivity contribution in [1.82, 2.24) is 0 Å². The van der Waals surface area contributed by atoms with Crippen molar-refractivity contribution in [2.75, 3.05) is 7.11 Å². The maximum absolute atomic E-state index is 12.1. The van der Waals surface area contributed by atoms with Crippen molar-refractivity contribution < 1.29 is 22.5 Å². The van der Waals surface area contributed by atoms with Gasteiger partial charge in [0.05, 0.1) is 12.7 Å². The first kappa shape index (κ1) is 11.6. The van der Waals surface area contributed by atoms with Crippen molar-refractivity contribution in [2.45, 2.75) is 6.32 Å². The molecule has 0 aliphatic heterocycles. The molecule has 0 amide bonds. The molecule has 0 atom stereocenters. The van der Waals surface area contributed by atoms with E-state index in [0.717, 1.165) is 0 Å². The van der Waals surface area contributed by atoms with Crippen molar-refractivity contribution in [2.24, 2.45) is 0 Å².